The molecule has 1 saturated heterocycles. The molecule has 1 N–H and O–H groups in total. The molecule has 0 aliphatic carbocycles. The summed E-state index contributed by atoms with van der Waals surface area (Å²) in [5.74, 6) is 2.30. The molecule has 15 heteroatoms. The van der Waals surface area contributed by atoms with Gasteiger partial charge in [-0.3, -0.25) is 14.5 Å². The van der Waals surface area contributed by atoms with Crippen LogP contribution in [-0.2, 0) is 38.6 Å². The number of carbonyl (C=O) groups excluding carboxylic acids is 2. The van der Waals surface area contributed by atoms with Crippen molar-refractivity contribution in [3.63, 3.8) is 0 Å². The van der Waals surface area contributed by atoms with Crippen LogP contribution < -0.4 is 5.32 Å². The zero-order chi connectivity index (χ0) is 40.5. The van der Waals surface area contributed by atoms with E-state index in [0.29, 0.717) is 72.2 Å². The Morgan fingerprint density at radius 2 is 1.19 bits per heavy atom. The van der Waals surface area contributed by atoms with E-state index in [9.17, 15) is 9.59 Å². The largest absolute Gasteiger partial charge is 0.338 e. The molecule has 2 amide bonds. The van der Waals surface area contributed by atoms with E-state index in [-0.39, 0.29) is 17.7 Å². The van der Waals surface area contributed by atoms with Crippen molar-refractivity contribution in [1.82, 2.24) is 40.3 Å². The van der Waals surface area contributed by atoms with Gasteiger partial charge in [0, 0.05) is 84.2 Å². The SMILES string of the molecule is Cc1cc(-c2noc(CCl)n2)cc2c1C(=O)N(Cc1ccc(Cl)cc1)C2.Cc1cc(-c2noc(CN3CCNCC3C)n2)cc2c1C(=O)N(Cc1ccc(Cl)cc1)C2. The van der Waals surface area contributed by atoms with E-state index in [1.54, 1.807) is 0 Å². The summed E-state index contributed by atoms with van der Waals surface area (Å²) in [5.41, 5.74) is 9.13. The van der Waals surface area contributed by atoms with Gasteiger partial charge in [0.25, 0.3) is 11.8 Å². The average molecular weight is 840 g/mol. The van der Waals surface area contributed by atoms with E-state index in [2.05, 4.69) is 37.4 Å². The van der Waals surface area contributed by atoms with Crippen LogP contribution in [0.1, 0.15) is 72.8 Å². The van der Waals surface area contributed by atoms with Crippen LogP contribution in [0.3, 0.4) is 0 Å². The lowest BCUT2D eigenvalue weighted by atomic mass is 10.00. The molecule has 3 aliphatic rings. The van der Waals surface area contributed by atoms with E-state index in [4.69, 9.17) is 43.8 Å². The standard InChI is InChI=1S/C24H26ClN5O2.C19H15Cl2N3O2/c1-15-9-18(23-27-21(32-28-23)14-29-8-7-26-11-16(29)2)10-19-13-30(24(31)22(15)19)12-17-3-5-20(25)6-4-17;1-11-6-13(18-22-16(8-20)26-23-18)7-14-10-24(19(25)17(11)14)9-12-2-4-15(21)5-3-12/h3-6,9-10,16,26H,7-8,11-14H2,1-2H3;2-7H,8-10H2,1H3. The lowest BCUT2D eigenvalue weighted by molar-refractivity contribution is 0.0759. The summed E-state index contributed by atoms with van der Waals surface area (Å²) in [4.78, 5) is 40.8. The normalized spacial score (nSPS) is 16.4. The molecule has 4 aromatic carbocycles. The highest BCUT2D eigenvalue weighted by Crippen LogP contribution is 2.33. The monoisotopic (exact) mass is 838 g/mol. The van der Waals surface area contributed by atoms with E-state index < -0.39 is 0 Å². The smallest absolute Gasteiger partial charge is 0.255 e. The molecule has 1 unspecified atom stereocenters. The molecule has 1 fully saturated rings. The highest BCUT2D eigenvalue weighted by molar-refractivity contribution is 6.30. The Bertz CT molecular complexity index is 2470. The molecule has 12 nitrogen and oxygen atoms in total. The number of carbonyl (C=O) groups is 2. The molecular formula is C43H41Cl3N8O4. The van der Waals surface area contributed by atoms with Gasteiger partial charge in [-0.15, -0.1) is 11.6 Å². The van der Waals surface area contributed by atoms with E-state index in [1.165, 1.54) is 0 Å². The van der Waals surface area contributed by atoms with Gasteiger partial charge in [-0.1, -0.05) is 57.8 Å². The van der Waals surface area contributed by atoms with Crippen LogP contribution in [0.25, 0.3) is 22.8 Å². The first-order valence-corrected chi connectivity index (χ1v) is 20.3. The number of rotatable bonds is 9. The van der Waals surface area contributed by atoms with Gasteiger partial charge in [-0.2, -0.15) is 9.97 Å². The van der Waals surface area contributed by atoms with E-state index >= 15 is 0 Å². The van der Waals surface area contributed by atoms with Crippen LogP contribution in [-0.4, -0.2) is 72.5 Å². The van der Waals surface area contributed by atoms with Crippen molar-refractivity contribution in [2.24, 2.45) is 0 Å². The molecular weight excluding hydrogens is 799 g/mol. The first-order valence-electron chi connectivity index (χ1n) is 19.0. The first-order chi connectivity index (χ1) is 28.0. The minimum Gasteiger partial charge on any atom is -0.338 e. The zero-order valence-corrected chi connectivity index (χ0v) is 34.5. The topological polar surface area (TPSA) is 134 Å². The van der Waals surface area contributed by atoms with Gasteiger partial charge >= 0.3 is 0 Å². The molecule has 1 atom stereocenters. The number of fused-ring (bicyclic) bond motifs is 2. The van der Waals surface area contributed by atoms with Crippen molar-refractivity contribution in [2.75, 3.05) is 19.6 Å². The van der Waals surface area contributed by atoms with Gasteiger partial charge in [0.15, 0.2) is 0 Å². The minimum atomic E-state index is 0.0357. The summed E-state index contributed by atoms with van der Waals surface area (Å²) in [6, 6.07) is 23.4. The summed E-state index contributed by atoms with van der Waals surface area (Å²) >= 11 is 17.6. The van der Waals surface area contributed by atoms with Gasteiger partial charge in [-0.05, 0) is 103 Å². The number of benzene rings is 4. The Morgan fingerprint density at radius 1 is 0.707 bits per heavy atom. The first kappa shape index (κ1) is 39.7. The number of aryl methyl sites for hydroxylation is 2. The van der Waals surface area contributed by atoms with Crippen LogP contribution in [0, 0.1) is 13.8 Å². The number of nitrogens with one attached hydrogen (secondary N) is 1. The van der Waals surface area contributed by atoms with Crippen molar-refractivity contribution < 1.29 is 18.6 Å². The van der Waals surface area contributed by atoms with Gasteiger partial charge in [-0.25, -0.2) is 0 Å². The number of hydrogen-bond donors (Lipinski definition) is 1. The Morgan fingerprint density at radius 3 is 1.66 bits per heavy atom. The average Bonchev–Trinajstić information content (AvgIpc) is 4.01. The molecule has 0 bridgehead atoms. The molecule has 298 valence electrons. The maximum atomic E-state index is 13.0. The number of nitrogens with zero attached hydrogens (tertiary/aromatic N) is 7. The summed E-state index contributed by atoms with van der Waals surface area (Å²) in [6.45, 7) is 11.8. The fraction of sp³-hybridized carbons (Fsp3) is 0.302. The molecule has 2 aromatic heterocycles. The molecule has 3 aliphatic heterocycles. The van der Waals surface area contributed by atoms with Gasteiger partial charge in [0.1, 0.15) is 5.88 Å². The highest BCUT2D eigenvalue weighted by atomic mass is 35.5. The zero-order valence-electron chi connectivity index (χ0n) is 32.3. The Kier molecular flexibility index (Phi) is 11.6. The molecule has 58 heavy (non-hydrogen) atoms. The van der Waals surface area contributed by atoms with E-state index in [0.717, 1.165) is 75.3 Å². The molecule has 9 rings (SSSR count). The number of piperazine rings is 1. The van der Waals surface area contributed by atoms with Gasteiger partial charge in [0.05, 0.1) is 6.54 Å². The quantitative estimate of drug-likeness (QED) is 0.142. The number of amides is 2. The van der Waals surface area contributed by atoms with E-state index in [1.807, 2.05) is 96.4 Å². The second-order valence-corrected chi connectivity index (χ2v) is 16.1. The van der Waals surface area contributed by atoms with Gasteiger partial charge in [0.2, 0.25) is 23.4 Å². The minimum absolute atomic E-state index is 0.0357. The van der Waals surface area contributed by atoms with Crippen LogP contribution in [0.15, 0.2) is 81.8 Å². The number of hydrogen-bond acceptors (Lipinski definition) is 10. The third kappa shape index (κ3) is 8.53. The van der Waals surface area contributed by atoms with Crippen molar-refractivity contribution in [2.45, 2.75) is 65.4 Å². The van der Waals surface area contributed by atoms with Crippen LogP contribution >= 0.6 is 34.8 Å². The third-order valence-electron chi connectivity index (χ3n) is 10.7. The maximum absolute atomic E-state index is 13.0. The van der Waals surface area contributed by atoms with Gasteiger partial charge < -0.3 is 24.2 Å². The fourth-order valence-corrected chi connectivity index (χ4v) is 8.10. The van der Waals surface area contributed by atoms with Crippen LogP contribution in [0.4, 0.5) is 0 Å². The second kappa shape index (κ2) is 17.0. The molecule has 0 saturated carbocycles. The van der Waals surface area contributed by atoms with Crippen molar-refractivity contribution in [3.05, 3.63) is 139 Å². The van der Waals surface area contributed by atoms with Crippen molar-refractivity contribution >= 4 is 46.6 Å². The number of halogens is 3. The maximum Gasteiger partial charge on any atom is 0.255 e. The second-order valence-electron chi connectivity index (χ2n) is 14.9. The fourth-order valence-electron chi connectivity index (χ4n) is 7.74. The predicted octanol–water partition coefficient (Wildman–Crippen LogP) is 8.24. The summed E-state index contributed by atoms with van der Waals surface area (Å²) < 4.78 is 10.6. The van der Waals surface area contributed by atoms with Crippen molar-refractivity contribution in [1.29, 1.82) is 0 Å². The Balaban J connectivity index is 0.000000165. The van der Waals surface area contributed by atoms with Crippen LogP contribution in [0.2, 0.25) is 10.0 Å². The summed E-state index contributed by atoms with van der Waals surface area (Å²) in [7, 11) is 0. The number of aromatic nitrogens is 4. The van der Waals surface area contributed by atoms with Crippen molar-refractivity contribution in [3.8, 4) is 22.8 Å². The number of alkyl halides is 1. The molecule has 0 spiro atoms. The molecule has 6 aromatic rings. The summed E-state index contributed by atoms with van der Waals surface area (Å²) in [6.07, 6.45) is 0. The molecule has 5 heterocycles. The third-order valence-corrected chi connectivity index (χ3v) is 11.4. The lowest BCUT2D eigenvalue weighted by Crippen LogP contribution is -2.49. The highest BCUT2D eigenvalue weighted by Gasteiger charge is 2.32. The Hall–Kier alpha value is -5.11. The summed E-state index contributed by atoms with van der Waals surface area (Å²) in [5, 5.41) is 12.9. The predicted molar refractivity (Wildman–Crippen MR) is 221 cm³/mol. The lowest BCUT2D eigenvalue weighted by Gasteiger charge is -2.32. The Labute approximate surface area is 351 Å². The van der Waals surface area contributed by atoms with Crippen LogP contribution in [0.5, 0.6) is 0 Å². The molecule has 0 radical (unpaired) electrons.